The van der Waals surface area contributed by atoms with Crippen molar-refractivity contribution in [3.05, 3.63) is 52.5 Å². The van der Waals surface area contributed by atoms with Crippen LogP contribution < -0.4 is 10.1 Å². The molecule has 1 aromatic carbocycles. The minimum Gasteiger partial charge on any atom is -0.487 e. The van der Waals surface area contributed by atoms with Crippen molar-refractivity contribution in [1.82, 2.24) is 0 Å². The third-order valence-corrected chi connectivity index (χ3v) is 2.74. The zero-order valence-electron chi connectivity index (χ0n) is 11.2. The van der Waals surface area contributed by atoms with Gasteiger partial charge in [0, 0.05) is 30.8 Å². The molecule has 106 valence electrons. The van der Waals surface area contributed by atoms with E-state index in [1.807, 2.05) is 12.1 Å². The summed E-state index contributed by atoms with van der Waals surface area (Å²) in [6.45, 7) is 2.86. The average Bonchev–Trinajstić information content (AvgIpc) is 2.92. The summed E-state index contributed by atoms with van der Waals surface area (Å²) in [5.41, 5.74) is 0.758. The van der Waals surface area contributed by atoms with Crippen molar-refractivity contribution in [3.8, 4) is 5.75 Å². The standard InChI is InChI=1S/C14H16N2O4/c1-2-19-14-10-11(5-6-13(14)16(17)18)15-8-7-12-4-3-9-20-12/h3-6,9-10,15H,2,7-8H2,1H3. The number of nitro benzene ring substituents is 1. The fraction of sp³-hybridized carbons (Fsp3) is 0.286. The van der Waals surface area contributed by atoms with Crippen molar-refractivity contribution >= 4 is 11.4 Å². The number of rotatable bonds is 7. The molecule has 0 aliphatic rings. The van der Waals surface area contributed by atoms with E-state index in [4.69, 9.17) is 9.15 Å². The number of furan rings is 1. The SMILES string of the molecule is CCOc1cc(NCCc2ccco2)ccc1[N+](=O)[O-]. The number of benzene rings is 1. The first-order valence-corrected chi connectivity index (χ1v) is 6.38. The molecule has 2 rings (SSSR count). The lowest BCUT2D eigenvalue weighted by Crippen LogP contribution is -2.05. The first-order valence-electron chi connectivity index (χ1n) is 6.38. The number of nitrogens with zero attached hydrogens (tertiary/aromatic N) is 1. The molecule has 0 bridgehead atoms. The maximum atomic E-state index is 10.9. The molecule has 0 unspecified atom stereocenters. The van der Waals surface area contributed by atoms with Gasteiger partial charge >= 0.3 is 5.69 Å². The molecule has 0 spiro atoms. The molecule has 6 nitrogen and oxygen atoms in total. The Morgan fingerprint density at radius 3 is 2.90 bits per heavy atom. The quantitative estimate of drug-likeness (QED) is 0.620. The van der Waals surface area contributed by atoms with E-state index in [-0.39, 0.29) is 11.4 Å². The van der Waals surface area contributed by atoms with Gasteiger partial charge in [-0.15, -0.1) is 0 Å². The zero-order valence-corrected chi connectivity index (χ0v) is 11.2. The fourth-order valence-corrected chi connectivity index (χ4v) is 1.83. The lowest BCUT2D eigenvalue weighted by molar-refractivity contribution is -0.385. The van der Waals surface area contributed by atoms with E-state index in [2.05, 4.69) is 5.32 Å². The molecule has 20 heavy (non-hydrogen) atoms. The summed E-state index contributed by atoms with van der Waals surface area (Å²) in [4.78, 5) is 10.4. The summed E-state index contributed by atoms with van der Waals surface area (Å²) in [6.07, 6.45) is 2.38. The van der Waals surface area contributed by atoms with Crippen LogP contribution in [0.15, 0.2) is 41.0 Å². The van der Waals surface area contributed by atoms with Crippen molar-refractivity contribution in [2.24, 2.45) is 0 Å². The Hall–Kier alpha value is -2.50. The smallest absolute Gasteiger partial charge is 0.311 e. The molecule has 0 fully saturated rings. The Balaban J connectivity index is 2.01. The number of hydrogen-bond acceptors (Lipinski definition) is 5. The highest BCUT2D eigenvalue weighted by Crippen LogP contribution is 2.30. The molecule has 6 heteroatoms. The zero-order chi connectivity index (χ0) is 14.4. The summed E-state index contributed by atoms with van der Waals surface area (Å²) < 4.78 is 10.5. The maximum Gasteiger partial charge on any atom is 0.311 e. The second-order valence-electron chi connectivity index (χ2n) is 4.13. The van der Waals surface area contributed by atoms with Gasteiger partial charge in [0.25, 0.3) is 0 Å². The Morgan fingerprint density at radius 1 is 1.40 bits per heavy atom. The van der Waals surface area contributed by atoms with Gasteiger partial charge in [-0.05, 0) is 25.1 Å². The average molecular weight is 276 g/mol. The minimum absolute atomic E-state index is 0.0246. The van der Waals surface area contributed by atoms with E-state index in [1.54, 1.807) is 25.3 Å². The third-order valence-electron chi connectivity index (χ3n) is 2.74. The lowest BCUT2D eigenvalue weighted by Gasteiger charge is -2.08. The molecule has 2 aromatic rings. The number of anilines is 1. The first kappa shape index (κ1) is 13.9. The van der Waals surface area contributed by atoms with Crippen molar-refractivity contribution in [2.45, 2.75) is 13.3 Å². The number of nitrogens with one attached hydrogen (secondary N) is 1. The van der Waals surface area contributed by atoms with Crippen LogP contribution in [0.4, 0.5) is 11.4 Å². The van der Waals surface area contributed by atoms with Crippen LogP contribution in [0.5, 0.6) is 5.75 Å². The molecule has 0 aliphatic carbocycles. The van der Waals surface area contributed by atoms with Crippen molar-refractivity contribution in [1.29, 1.82) is 0 Å². The van der Waals surface area contributed by atoms with Crippen molar-refractivity contribution < 1.29 is 14.1 Å². The Bertz CT molecular complexity index is 567. The second-order valence-corrected chi connectivity index (χ2v) is 4.13. The van der Waals surface area contributed by atoms with Crippen LogP contribution >= 0.6 is 0 Å². The minimum atomic E-state index is -0.447. The normalized spacial score (nSPS) is 10.2. The number of ether oxygens (including phenoxy) is 1. The molecule has 1 aromatic heterocycles. The van der Waals surface area contributed by atoms with Crippen LogP contribution in [-0.2, 0) is 6.42 Å². The second kappa shape index (κ2) is 6.60. The van der Waals surface area contributed by atoms with Gasteiger partial charge in [-0.2, -0.15) is 0 Å². The molecule has 1 heterocycles. The van der Waals surface area contributed by atoms with Gasteiger partial charge in [-0.3, -0.25) is 10.1 Å². The molecule has 0 saturated heterocycles. The van der Waals surface area contributed by atoms with E-state index in [9.17, 15) is 10.1 Å². The molecular weight excluding hydrogens is 260 g/mol. The van der Waals surface area contributed by atoms with Gasteiger partial charge in [0.05, 0.1) is 17.8 Å². The van der Waals surface area contributed by atoms with E-state index in [1.165, 1.54) is 6.07 Å². The third kappa shape index (κ3) is 3.50. The van der Waals surface area contributed by atoms with Gasteiger partial charge in [0.1, 0.15) is 5.76 Å². The number of hydrogen-bond donors (Lipinski definition) is 1. The van der Waals surface area contributed by atoms with Crippen LogP contribution in [-0.4, -0.2) is 18.1 Å². The van der Waals surface area contributed by atoms with E-state index in [0.717, 1.165) is 17.9 Å². The van der Waals surface area contributed by atoms with Crippen LogP contribution in [0.1, 0.15) is 12.7 Å². The van der Waals surface area contributed by atoms with Gasteiger partial charge in [-0.1, -0.05) is 0 Å². The Kier molecular flexibility index (Phi) is 4.60. The highest BCUT2D eigenvalue weighted by Gasteiger charge is 2.15. The maximum absolute atomic E-state index is 10.9. The van der Waals surface area contributed by atoms with Gasteiger partial charge in [0.15, 0.2) is 5.75 Å². The van der Waals surface area contributed by atoms with Crippen LogP contribution in [0.3, 0.4) is 0 Å². The number of nitro groups is 1. The van der Waals surface area contributed by atoms with Gasteiger partial charge in [0.2, 0.25) is 0 Å². The topological polar surface area (TPSA) is 77.5 Å². The van der Waals surface area contributed by atoms with E-state index >= 15 is 0 Å². The van der Waals surface area contributed by atoms with Gasteiger partial charge in [-0.25, -0.2) is 0 Å². The first-order chi connectivity index (χ1) is 9.70. The summed E-state index contributed by atoms with van der Waals surface area (Å²) in [6, 6.07) is 8.50. The van der Waals surface area contributed by atoms with E-state index in [0.29, 0.717) is 13.2 Å². The van der Waals surface area contributed by atoms with Crippen LogP contribution in [0.2, 0.25) is 0 Å². The molecule has 0 aliphatic heterocycles. The van der Waals surface area contributed by atoms with Gasteiger partial charge < -0.3 is 14.5 Å². The highest BCUT2D eigenvalue weighted by atomic mass is 16.6. The lowest BCUT2D eigenvalue weighted by atomic mass is 10.2. The fourth-order valence-electron chi connectivity index (χ4n) is 1.83. The summed E-state index contributed by atoms with van der Waals surface area (Å²) >= 11 is 0. The molecule has 1 N–H and O–H groups in total. The molecule has 0 atom stereocenters. The van der Waals surface area contributed by atoms with Crippen LogP contribution in [0, 0.1) is 10.1 Å². The summed E-state index contributed by atoms with van der Waals surface area (Å²) in [7, 11) is 0. The Morgan fingerprint density at radius 2 is 2.25 bits per heavy atom. The van der Waals surface area contributed by atoms with Crippen LogP contribution in [0.25, 0.3) is 0 Å². The predicted molar refractivity (Wildman–Crippen MR) is 75.2 cm³/mol. The summed E-state index contributed by atoms with van der Waals surface area (Å²) in [5.74, 6) is 1.17. The van der Waals surface area contributed by atoms with E-state index < -0.39 is 4.92 Å². The largest absolute Gasteiger partial charge is 0.487 e. The predicted octanol–water partition coefficient (Wildman–Crippen LogP) is 3.24. The highest BCUT2D eigenvalue weighted by molar-refractivity contribution is 5.58. The van der Waals surface area contributed by atoms with Crippen molar-refractivity contribution in [3.63, 3.8) is 0 Å². The summed E-state index contributed by atoms with van der Waals surface area (Å²) in [5, 5.41) is 14.1. The monoisotopic (exact) mass is 276 g/mol. The molecule has 0 amide bonds. The molecular formula is C14H16N2O4. The Labute approximate surface area is 116 Å². The molecule has 0 radical (unpaired) electrons. The van der Waals surface area contributed by atoms with Crippen molar-refractivity contribution in [2.75, 3.05) is 18.5 Å². The molecule has 0 saturated carbocycles.